The summed E-state index contributed by atoms with van der Waals surface area (Å²) in [6, 6.07) is 7.44. The zero-order valence-electron chi connectivity index (χ0n) is 12.8. The fourth-order valence-corrected chi connectivity index (χ4v) is 2.75. The third kappa shape index (κ3) is 3.14. The number of anilines is 1. The predicted octanol–water partition coefficient (Wildman–Crippen LogP) is 1.20. The van der Waals surface area contributed by atoms with Gasteiger partial charge in [0.05, 0.1) is 6.04 Å². The summed E-state index contributed by atoms with van der Waals surface area (Å²) in [7, 11) is 1.79. The van der Waals surface area contributed by atoms with Gasteiger partial charge in [0.25, 0.3) is 0 Å². The van der Waals surface area contributed by atoms with Crippen LogP contribution in [0, 0.1) is 5.92 Å². The largest absolute Gasteiger partial charge is 0.325 e. The van der Waals surface area contributed by atoms with Crippen molar-refractivity contribution in [2.75, 3.05) is 11.9 Å². The van der Waals surface area contributed by atoms with Gasteiger partial charge in [-0.05, 0) is 47.9 Å². The first kappa shape index (κ1) is 14.6. The van der Waals surface area contributed by atoms with Gasteiger partial charge in [0.15, 0.2) is 5.82 Å². The zero-order chi connectivity index (χ0) is 15.5. The Kier molecular flexibility index (Phi) is 4.15. The van der Waals surface area contributed by atoms with E-state index in [1.165, 1.54) is 0 Å². The van der Waals surface area contributed by atoms with Gasteiger partial charge in [0.1, 0.15) is 0 Å². The molecule has 2 atom stereocenters. The molecule has 1 aromatic heterocycles. The molecule has 2 N–H and O–H groups in total. The Morgan fingerprint density at radius 3 is 3.05 bits per heavy atom. The van der Waals surface area contributed by atoms with Crippen LogP contribution < -0.4 is 10.6 Å². The number of aromatic nitrogens is 4. The number of piperidine rings is 1. The Morgan fingerprint density at radius 2 is 2.32 bits per heavy atom. The topological polar surface area (TPSA) is 84.7 Å². The van der Waals surface area contributed by atoms with E-state index in [-0.39, 0.29) is 11.9 Å². The number of carbonyl (C=O) groups excluding carboxylic acids is 1. The van der Waals surface area contributed by atoms with E-state index in [2.05, 4.69) is 33.1 Å². The number of carbonyl (C=O) groups is 1. The second kappa shape index (κ2) is 6.23. The molecule has 7 nitrogen and oxygen atoms in total. The summed E-state index contributed by atoms with van der Waals surface area (Å²) in [6.07, 6.45) is 2.00. The lowest BCUT2D eigenvalue weighted by atomic mass is 9.94. The van der Waals surface area contributed by atoms with Gasteiger partial charge in [-0.1, -0.05) is 19.1 Å². The van der Waals surface area contributed by atoms with E-state index in [1.807, 2.05) is 24.3 Å². The zero-order valence-corrected chi connectivity index (χ0v) is 12.8. The molecule has 1 amide bonds. The summed E-state index contributed by atoms with van der Waals surface area (Å²) >= 11 is 0. The van der Waals surface area contributed by atoms with Crippen LogP contribution in [0.4, 0.5) is 5.69 Å². The van der Waals surface area contributed by atoms with E-state index < -0.39 is 0 Å². The summed E-state index contributed by atoms with van der Waals surface area (Å²) in [5, 5.41) is 17.7. The van der Waals surface area contributed by atoms with Crippen LogP contribution in [0.1, 0.15) is 19.8 Å². The number of amides is 1. The summed E-state index contributed by atoms with van der Waals surface area (Å²) in [5.41, 5.74) is 1.63. The Balaban J connectivity index is 1.73. The van der Waals surface area contributed by atoms with E-state index in [1.54, 1.807) is 11.7 Å². The van der Waals surface area contributed by atoms with E-state index in [0.29, 0.717) is 11.7 Å². The van der Waals surface area contributed by atoms with Crippen molar-refractivity contribution in [1.29, 1.82) is 0 Å². The third-order valence-corrected chi connectivity index (χ3v) is 3.99. The van der Waals surface area contributed by atoms with Crippen LogP contribution in [0.5, 0.6) is 0 Å². The van der Waals surface area contributed by atoms with Gasteiger partial charge in [-0.3, -0.25) is 4.79 Å². The molecule has 2 aromatic rings. The second-order valence-electron chi connectivity index (χ2n) is 5.83. The maximum atomic E-state index is 12.4. The molecule has 22 heavy (non-hydrogen) atoms. The maximum absolute atomic E-state index is 12.4. The SMILES string of the molecule is CC1CCNC(C(=O)Nc2cccc(-c3nnnn3C)c2)C1. The van der Waals surface area contributed by atoms with Crippen LogP contribution in [-0.2, 0) is 11.8 Å². The van der Waals surface area contributed by atoms with Gasteiger partial charge in [0.2, 0.25) is 5.91 Å². The summed E-state index contributed by atoms with van der Waals surface area (Å²) in [4.78, 5) is 12.4. The van der Waals surface area contributed by atoms with Crippen molar-refractivity contribution in [3.05, 3.63) is 24.3 Å². The van der Waals surface area contributed by atoms with Crippen molar-refractivity contribution >= 4 is 11.6 Å². The van der Waals surface area contributed by atoms with Gasteiger partial charge in [-0.2, -0.15) is 0 Å². The number of nitrogens with one attached hydrogen (secondary N) is 2. The minimum Gasteiger partial charge on any atom is -0.325 e. The van der Waals surface area contributed by atoms with Crippen LogP contribution in [0.15, 0.2) is 24.3 Å². The lowest BCUT2D eigenvalue weighted by Gasteiger charge is -2.27. The van der Waals surface area contributed by atoms with E-state index in [4.69, 9.17) is 0 Å². The lowest BCUT2D eigenvalue weighted by Crippen LogP contribution is -2.45. The Hall–Kier alpha value is -2.28. The van der Waals surface area contributed by atoms with Gasteiger partial charge in [-0.25, -0.2) is 4.68 Å². The Labute approximate surface area is 129 Å². The fourth-order valence-electron chi connectivity index (χ4n) is 2.75. The minimum absolute atomic E-state index is 0.0137. The highest BCUT2D eigenvalue weighted by atomic mass is 16.2. The number of hydrogen-bond acceptors (Lipinski definition) is 5. The van der Waals surface area contributed by atoms with Gasteiger partial charge in [-0.15, -0.1) is 5.10 Å². The molecule has 1 aliphatic heterocycles. The molecule has 7 heteroatoms. The van der Waals surface area contributed by atoms with Crippen molar-refractivity contribution in [3.8, 4) is 11.4 Å². The first-order chi connectivity index (χ1) is 10.6. The molecule has 1 fully saturated rings. The highest BCUT2D eigenvalue weighted by molar-refractivity contribution is 5.95. The van der Waals surface area contributed by atoms with Crippen molar-refractivity contribution in [2.24, 2.45) is 13.0 Å². The standard InChI is InChI=1S/C15H20N6O/c1-10-6-7-16-13(8-10)15(22)17-12-5-3-4-11(9-12)14-18-19-20-21(14)2/h3-5,9-10,13,16H,6-8H2,1-2H3,(H,17,22). The number of rotatable bonds is 3. The quantitative estimate of drug-likeness (QED) is 0.890. The molecule has 0 spiro atoms. The number of benzene rings is 1. The van der Waals surface area contributed by atoms with Gasteiger partial charge < -0.3 is 10.6 Å². The molecule has 1 aliphatic rings. The van der Waals surface area contributed by atoms with Gasteiger partial charge in [0, 0.05) is 18.3 Å². The van der Waals surface area contributed by atoms with Crippen LogP contribution in [0.3, 0.4) is 0 Å². The molecule has 2 heterocycles. The van der Waals surface area contributed by atoms with Crippen molar-refractivity contribution in [3.63, 3.8) is 0 Å². The molecular weight excluding hydrogens is 280 g/mol. The molecule has 3 rings (SSSR count). The van der Waals surface area contributed by atoms with Crippen molar-refractivity contribution < 1.29 is 4.79 Å². The summed E-state index contributed by atoms with van der Waals surface area (Å²) in [5.74, 6) is 1.26. The van der Waals surface area contributed by atoms with Crippen LogP contribution in [0.2, 0.25) is 0 Å². The molecular formula is C15H20N6O. The molecule has 0 aliphatic carbocycles. The lowest BCUT2D eigenvalue weighted by molar-refractivity contribution is -0.119. The van der Waals surface area contributed by atoms with E-state index in [9.17, 15) is 4.79 Å². The predicted molar refractivity (Wildman–Crippen MR) is 83.1 cm³/mol. The fraction of sp³-hybridized carbons (Fsp3) is 0.467. The number of hydrogen-bond donors (Lipinski definition) is 2. The number of nitrogens with zero attached hydrogens (tertiary/aromatic N) is 4. The molecule has 0 saturated carbocycles. The molecule has 2 unspecified atom stereocenters. The smallest absolute Gasteiger partial charge is 0.241 e. The minimum atomic E-state index is -0.121. The Morgan fingerprint density at radius 1 is 1.45 bits per heavy atom. The highest BCUT2D eigenvalue weighted by Crippen LogP contribution is 2.21. The van der Waals surface area contributed by atoms with Crippen LogP contribution in [0.25, 0.3) is 11.4 Å². The van der Waals surface area contributed by atoms with E-state index in [0.717, 1.165) is 30.6 Å². The van der Waals surface area contributed by atoms with Gasteiger partial charge >= 0.3 is 0 Å². The van der Waals surface area contributed by atoms with Crippen molar-refractivity contribution in [2.45, 2.75) is 25.8 Å². The maximum Gasteiger partial charge on any atom is 0.241 e. The first-order valence-corrected chi connectivity index (χ1v) is 7.50. The van der Waals surface area contributed by atoms with Crippen LogP contribution in [-0.4, -0.2) is 38.7 Å². The monoisotopic (exact) mass is 300 g/mol. The molecule has 1 saturated heterocycles. The second-order valence-corrected chi connectivity index (χ2v) is 5.83. The normalized spacial score (nSPS) is 21.5. The highest BCUT2D eigenvalue weighted by Gasteiger charge is 2.24. The molecule has 0 bridgehead atoms. The average molecular weight is 300 g/mol. The first-order valence-electron chi connectivity index (χ1n) is 7.50. The average Bonchev–Trinajstić information content (AvgIpc) is 2.94. The number of tetrazole rings is 1. The summed E-state index contributed by atoms with van der Waals surface area (Å²) in [6.45, 7) is 3.08. The summed E-state index contributed by atoms with van der Waals surface area (Å²) < 4.78 is 1.60. The molecule has 116 valence electrons. The van der Waals surface area contributed by atoms with Crippen LogP contribution >= 0.6 is 0 Å². The Bertz CT molecular complexity index is 668. The molecule has 1 aromatic carbocycles. The van der Waals surface area contributed by atoms with E-state index >= 15 is 0 Å². The third-order valence-electron chi connectivity index (χ3n) is 3.99. The van der Waals surface area contributed by atoms with Crippen molar-refractivity contribution in [1.82, 2.24) is 25.5 Å². The molecule has 0 radical (unpaired) electrons. The number of aryl methyl sites for hydroxylation is 1.